The number of anilines is 2. The highest BCUT2D eigenvalue weighted by Crippen LogP contribution is 2.44. The number of aromatic nitrogens is 2. The number of aryl methyl sites for hydroxylation is 1. The first kappa shape index (κ1) is 35.1. The summed E-state index contributed by atoms with van der Waals surface area (Å²) < 4.78 is 42.6. The van der Waals surface area contributed by atoms with Gasteiger partial charge in [-0.25, -0.2) is 13.6 Å². The summed E-state index contributed by atoms with van der Waals surface area (Å²) in [5.74, 6) is 0.178. The van der Waals surface area contributed by atoms with Gasteiger partial charge in [-0.3, -0.25) is 19.8 Å². The summed E-state index contributed by atoms with van der Waals surface area (Å²) in [6.07, 6.45) is 6.07. The maximum Gasteiger partial charge on any atom is 0.322 e. The summed E-state index contributed by atoms with van der Waals surface area (Å²) in [4.78, 5) is 55.0. The van der Waals surface area contributed by atoms with Crippen LogP contribution in [0.3, 0.4) is 0 Å². The van der Waals surface area contributed by atoms with Crippen LogP contribution in [-0.2, 0) is 29.0 Å². The van der Waals surface area contributed by atoms with Crippen molar-refractivity contribution < 1.29 is 32.6 Å². The van der Waals surface area contributed by atoms with Crippen molar-refractivity contribution in [3.63, 3.8) is 0 Å². The molecule has 2 aromatic carbocycles. The molecule has 12 nitrogen and oxygen atoms in total. The molecule has 3 atom stereocenters. The average Bonchev–Trinajstić information content (AvgIpc) is 3.76. The molecule has 4 saturated heterocycles. The third-order valence-corrected chi connectivity index (χ3v) is 13.0. The Morgan fingerprint density at radius 2 is 1.87 bits per heavy atom. The van der Waals surface area contributed by atoms with Crippen LogP contribution in [0.2, 0.25) is 0 Å². The molecule has 0 unspecified atom stereocenters. The van der Waals surface area contributed by atoms with Crippen LogP contribution in [0.4, 0.5) is 25.1 Å². The predicted molar refractivity (Wildman–Crippen MR) is 197 cm³/mol. The van der Waals surface area contributed by atoms with Crippen molar-refractivity contribution >= 4 is 40.2 Å². The smallest absolute Gasteiger partial charge is 0.322 e. The molecule has 1 saturated carbocycles. The number of rotatable bonds is 8. The standard InChI is InChI=1S/C40H47F2N7O5/c1-3-27-29(42)8-7-24-17-26(54-35(51)38(2)10-4-11-38)18-31(32(24)27)47-16-9-28-30(21-47)43-37(53-23-39-12-5-15-49(39)20-25(41)19-39)44-33(28)48-14-6-13-40(22-48)34(50)45-36(52)46-40/h7-8,17-18,25H,3-6,9-16,19-23H2,1-2H3,(H2,45,46,50,52)/t25-,39+,40-/m1/s1. The van der Waals surface area contributed by atoms with Gasteiger partial charge in [-0.2, -0.15) is 9.97 Å². The normalized spacial score (nSPS) is 27.4. The number of ether oxygens (including phenoxy) is 2. The highest BCUT2D eigenvalue weighted by molar-refractivity contribution is 6.07. The second-order valence-electron chi connectivity index (χ2n) is 16.5. The molecule has 1 aromatic heterocycles. The van der Waals surface area contributed by atoms with Gasteiger partial charge in [0.15, 0.2) is 0 Å². The number of piperidine rings is 1. The molecule has 1 aliphatic carbocycles. The zero-order valence-corrected chi connectivity index (χ0v) is 30.9. The number of nitrogens with one attached hydrogen (secondary N) is 2. The van der Waals surface area contributed by atoms with E-state index in [-0.39, 0.29) is 36.9 Å². The van der Waals surface area contributed by atoms with Gasteiger partial charge in [0.2, 0.25) is 0 Å². The summed E-state index contributed by atoms with van der Waals surface area (Å²) in [5.41, 5.74) is 1.01. The van der Waals surface area contributed by atoms with Gasteiger partial charge in [-0.15, -0.1) is 0 Å². The summed E-state index contributed by atoms with van der Waals surface area (Å²) in [6.45, 7) is 7.11. The van der Waals surface area contributed by atoms with Gasteiger partial charge in [0.1, 0.15) is 35.7 Å². The Balaban J connectivity index is 1.09. The minimum atomic E-state index is -1.06. The Bertz CT molecular complexity index is 2060. The van der Waals surface area contributed by atoms with Gasteiger partial charge < -0.3 is 24.6 Å². The van der Waals surface area contributed by atoms with Crippen LogP contribution in [0.25, 0.3) is 10.8 Å². The predicted octanol–water partition coefficient (Wildman–Crippen LogP) is 5.12. The van der Waals surface area contributed by atoms with E-state index in [4.69, 9.17) is 19.4 Å². The number of urea groups is 1. The first-order chi connectivity index (χ1) is 26.0. The van der Waals surface area contributed by atoms with Crippen LogP contribution in [0.15, 0.2) is 24.3 Å². The summed E-state index contributed by atoms with van der Waals surface area (Å²) in [5, 5.41) is 6.83. The van der Waals surface area contributed by atoms with Crippen molar-refractivity contribution in [1.82, 2.24) is 25.5 Å². The molecule has 3 amide bonds. The molecule has 2 N–H and O–H groups in total. The van der Waals surface area contributed by atoms with Gasteiger partial charge in [0, 0.05) is 48.8 Å². The number of carbonyl (C=O) groups excluding carboxylic acids is 3. The van der Waals surface area contributed by atoms with Crippen molar-refractivity contribution in [3.8, 4) is 11.8 Å². The Morgan fingerprint density at radius 3 is 2.63 bits per heavy atom. The van der Waals surface area contributed by atoms with Crippen LogP contribution in [0.5, 0.6) is 11.8 Å². The molecule has 9 rings (SSSR count). The lowest BCUT2D eigenvalue weighted by molar-refractivity contribution is -0.149. The number of esters is 1. The number of nitrogens with zero attached hydrogens (tertiary/aromatic N) is 5. The lowest BCUT2D eigenvalue weighted by Crippen LogP contribution is -2.59. The molecule has 6 aliphatic rings. The Hall–Kier alpha value is -4.59. The number of halogens is 2. The van der Waals surface area contributed by atoms with E-state index in [1.54, 1.807) is 6.07 Å². The SMILES string of the molecule is CCc1c(F)ccc2cc(OC(=O)C3(C)CCC3)cc(N3CCc4c(nc(OC[C@@]56CCCN5C[C@H](F)C6)nc4N4CCC[C@]5(C4)NC(=O)NC5=O)C3)c12. The third kappa shape index (κ3) is 5.82. The van der Waals surface area contributed by atoms with Crippen LogP contribution in [-0.4, -0.2) is 89.4 Å². The molecule has 1 spiro atoms. The Kier molecular flexibility index (Phi) is 8.47. The second kappa shape index (κ2) is 13.0. The molecule has 6 heterocycles. The van der Waals surface area contributed by atoms with Gasteiger partial charge in [0.25, 0.3) is 5.91 Å². The zero-order valence-electron chi connectivity index (χ0n) is 30.9. The molecule has 5 fully saturated rings. The van der Waals surface area contributed by atoms with E-state index < -0.39 is 28.7 Å². The summed E-state index contributed by atoms with van der Waals surface area (Å²) in [6, 6.07) is 6.55. The molecular formula is C40H47F2N7O5. The van der Waals surface area contributed by atoms with Crippen molar-refractivity contribution in [1.29, 1.82) is 0 Å². The van der Waals surface area contributed by atoms with E-state index in [2.05, 4.69) is 20.4 Å². The fourth-order valence-electron chi connectivity index (χ4n) is 9.88. The lowest BCUT2D eigenvalue weighted by atomic mass is 9.70. The van der Waals surface area contributed by atoms with E-state index >= 15 is 4.39 Å². The number of hydrogen-bond donors (Lipinski definition) is 2. The highest BCUT2D eigenvalue weighted by Gasteiger charge is 2.51. The molecule has 0 bridgehead atoms. The number of carbonyl (C=O) groups is 3. The van der Waals surface area contributed by atoms with Crippen molar-refractivity contribution in [2.75, 3.05) is 49.1 Å². The summed E-state index contributed by atoms with van der Waals surface area (Å²) in [7, 11) is 0. The number of fused-ring (bicyclic) bond motifs is 3. The van der Waals surface area contributed by atoms with E-state index in [1.807, 2.05) is 30.9 Å². The van der Waals surface area contributed by atoms with Gasteiger partial charge in [-0.05, 0) is 87.9 Å². The topological polar surface area (TPSA) is 129 Å². The molecule has 5 aliphatic heterocycles. The number of amides is 3. The van der Waals surface area contributed by atoms with E-state index in [9.17, 15) is 18.8 Å². The molecule has 3 aromatic rings. The monoisotopic (exact) mass is 743 g/mol. The summed E-state index contributed by atoms with van der Waals surface area (Å²) >= 11 is 0. The van der Waals surface area contributed by atoms with E-state index in [0.29, 0.717) is 75.4 Å². The first-order valence-corrected chi connectivity index (χ1v) is 19.5. The van der Waals surface area contributed by atoms with Crippen molar-refractivity contribution in [3.05, 3.63) is 46.9 Å². The largest absolute Gasteiger partial charge is 0.461 e. The molecule has 54 heavy (non-hydrogen) atoms. The van der Waals surface area contributed by atoms with Crippen LogP contribution >= 0.6 is 0 Å². The fraction of sp³-hybridized carbons (Fsp3) is 0.575. The fourth-order valence-corrected chi connectivity index (χ4v) is 9.88. The Morgan fingerprint density at radius 1 is 1.04 bits per heavy atom. The number of benzene rings is 2. The quantitative estimate of drug-likeness (QED) is 0.182. The van der Waals surface area contributed by atoms with Gasteiger partial charge in [-0.1, -0.05) is 19.4 Å². The van der Waals surface area contributed by atoms with Gasteiger partial charge >= 0.3 is 18.0 Å². The minimum Gasteiger partial charge on any atom is -0.461 e. The molecule has 14 heteroatoms. The average molecular weight is 744 g/mol. The highest BCUT2D eigenvalue weighted by atomic mass is 19.1. The number of imide groups is 1. The number of alkyl halides is 1. The zero-order chi connectivity index (χ0) is 37.4. The van der Waals surface area contributed by atoms with Gasteiger partial charge in [0.05, 0.1) is 29.7 Å². The maximum absolute atomic E-state index is 15.4. The first-order valence-electron chi connectivity index (χ1n) is 19.5. The number of hydrogen-bond acceptors (Lipinski definition) is 10. The molecular weight excluding hydrogens is 696 g/mol. The van der Waals surface area contributed by atoms with Crippen LogP contribution in [0, 0.1) is 11.2 Å². The lowest BCUT2D eigenvalue weighted by Gasteiger charge is -2.40. The molecule has 286 valence electrons. The molecule has 0 radical (unpaired) electrons. The van der Waals surface area contributed by atoms with Crippen LogP contribution in [0.1, 0.15) is 82.0 Å². The minimum absolute atomic E-state index is 0.176. The maximum atomic E-state index is 15.4. The van der Waals surface area contributed by atoms with Crippen molar-refractivity contribution in [2.45, 2.75) is 102 Å². The van der Waals surface area contributed by atoms with Crippen LogP contribution < -0.4 is 29.9 Å². The van der Waals surface area contributed by atoms with E-state index in [1.165, 1.54) is 6.07 Å². The van der Waals surface area contributed by atoms with E-state index in [0.717, 1.165) is 66.4 Å². The third-order valence-electron chi connectivity index (χ3n) is 13.0. The van der Waals surface area contributed by atoms with Crippen molar-refractivity contribution in [2.24, 2.45) is 5.41 Å². The Labute approximate surface area is 312 Å². The second-order valence-corrected chi connectivity index (χ2v) is 16.5.